The Morgan fingerprint density at radius 3 is 2.43 bits per heavy atom. The van der Waals surface area contributed by atoms with Crippen molar-refractivity contribution in [1.29, 1.82) is 0 Å². The van der Waals surface area contributed by atoms with Gasteiger partial charge < -0.3 is 14.6 Å². The van der Waals surface area contributed by atoms with Gasteiger partial charge >= 0.3 is 11.9 Å². The monoisotopic (exact) mass is 514 g/mol. The summed E-state index contributed by atoms with van der Waals surface area (Å²) in [6.07, 6.45) is 9.42. The van der Waals surface area contributed by atoms with Gasteiger partial charge in [0, 0.05) is 11.0 Å². The average Bonchev–Trinajstić information content (AvgIpc) is 3.14. The number of aliphatic hydroxyl groups excluding tert-OH is 1. The zero-order valence-electron chi connectivity index (χ0n) is 24.3. The maximum absolute atomic E-state index is 13.4. The first-order valence-electron chi connectivity index (χ1n) is 15.2. The average molecular weight is 515 g/mol. The van der Waals surface area contributed by atoms with E-state index in [1.807, 2.05) is 13.8 Å². The van der Waals surface area contributed by atoms with Crippen molar-refractivity contribution in [3.8, 4) is 0 Å². The number of carbonyl (C=O) groups excluding carboxylic acids is 2. The number of aliphatic hydroxyl groups is 1. The normalized spacial score (nSPS) is 47.8. The lowest BCUT2D eigenvalue weighted by atomic mass is 9.35. The zero-order chi connectivity index (χ0) is 27.0. The molecule has 1 N–H and O–H groups in total. The Hall–Kier alpha value is -1.36. The molecule has 5 nitrogen and oxygen atoms in total. The van der Waals surface area contributed by atoms with E-state index >= 15 is 0 Å². The van der Waals surface area contributed by atoms with Crippen LogP contribution in [0.2, 0.25) is 0 Å². The summed E-state index contributed by atoms with van der Waals surface area (Å²) < 4.78 is 12.2. The SMILES string of the molecule is CCC(O)CC(=O)O[C@H]1CC2[C@@]3(C)CCC[C@](C)(CC)C3CC[C@@]2(C)[C@@H]2CCC3=C(C(=O)O[C@H]3C)[C@@]12C. The molecule has 3 unspecified atom stereocenters. The molecule has 0 bridgehead atoms. The number of rotatable bonds is 5. The lowest BCUT2D eigenvalue weighted by molar-refractivity contribution is -0.228. The van der Waals surface area contributed by atoms with Crippen molar-refractivity contribution in [2.24, 2.45) is 39.4 Å². The molecule has 4 aliphatic carbocycles. The molecule has 3 saturated carbocycles. The third-order valence-electron chi connectivity index (χ3n) is 12.8. The molecule has 0 spiro atoms. The lowest BCUT2D eigenvalue weighted by Crippen LogP contribution is -2.66. The number of fused-ring (bicyclic) bond motifs is 6. The fourth-order valence-corrected chi connectivity index (χ4v) is 10.7. The summed E-state index contributed by atoms with van der Waals surface area (Å²) in [4.78, 5) is 26.5. The molecule has 0 amide bonds. The van der Waals surface area contributed by atoms with Gasteiger partial charge in [0.15, 0.2) is 0 Å². The molecule has 5 aliphatic rings. The molecule has 208 valence electrons. The van der Waals surface area contributed by atoms with Gasteiger partial charge in [-0.05, 0) is 97.9 Å². The summed E-state index contributed by atoms with van der Waals surface area (Å²) in [7, 11) is 0. The van der Waals surface area contributed by atoms with Crippen LogP contribution in [0.3, 0.4) is 0 Å². The summed E-state index contributed by atoms with van der Waals surface area (Å²) >= 11 is 0. The summed E-state index contributed by atoms with van der Waals surface area (Å²) in [5.74, 6) is 0.831. The van der Waals surface area contributed by atoms with Crippen LogP contribution >= 0.6 is 0 Å². The Kier molecular flexibility index (Phi) is 6.69. The Labute approximate surface area is 224 Å². The zero-order valence-corrected chi connectivity index (χ0v) is 24.3. The van der Waals surface area contributed by atoms with E-state index in [2.05, 4.69) is 34.6 Å². The van der Waals surface area contributed by atoms with Crippen molar-refractivity contribution >= 4 is 11.9 Å². The van der Waals surface area contributed by atoms with Gasteiger partial charge in [0.2, 0.25) is 0 Å². The fraction of sp³-hybridized carbons (Fsp3) is 0.875. The van der Waals surface area contributed by atoms with E-state index in [1.54, 1.807) is 0 Å². The lowest BCUT2D eigenvalue weighted by Gasteiger charge is -2.70. The Morgan fingerprint density at radius 2 is 1.76 bits per heavy atom. The fourth-order valence-electron chi connectivity index (χ4n) is 10.7. The topological polar surface area (TPSA) is 72.8 Å². The van der Waals surface area contributed by atoms with Gasteiger partial charge in [-0.3, -0.25) is 4.79 Å². The number of hydrogen-bond acceptors (Lipinski definition) is 5. The van der Waals surface area contributed by atoms with Crippen molar-refractivity contribution in [3.05, 3.63) is 11.1 Å². The second kappa shape index (κ2) is 9.10. The van der Waals surface area contributed by atoms with Gasteiger partial charge in [-0.25, -0.2) is 4.79 Å². The molecule has 5 heteroatoms. The van der Waals surface area contributed by atoms with Crippen LogP contribution in [-0.4, -0.2) is 35.4 Å². The van der Waals surface area contributed by atoms with Crippen LogP contribution < -0.4 is 0 Å². The van der Waals surface area contributed by atoms with Crippen LogP contribution in [0.4, 0.5) is 0 Å². The molecule has 0 radical (unpaired) electrons. The molecule has 10 atom stereocenters. The minimum absolute atomic E-state index is 0.0102. The number of carbonyl (C=O) groups is 2. The highest BCUT2D eigenvalue weighted by atomic mass is 16.6. The Balaban J connectivity index is 1.60. The molecule has 37 heavy (non-hydrogen) atoms. The highest BCUT2D eigenvalue weighted by Crippen LogP contribution is 2.74. The van der Waals surface area contributed by atoms with E-state index in [4.69, 9.17) is 9.47 Å². The molecule has 1 heterocycles. The van der Waals surface area contributed by atoms with Crippen molar-refractivity contribution < 1.29 is 24.2 Å². The maximum atomic E-state index is 13.4. The van der Waals surface area contributed by atoms with Gasteiger partial charge in [0.25, 0.3) is 0 Å². The second-order valence-electron chi connectivity index (χ2n) is 14.3. The van der Waals surface area contributed by atoms with Crippen molar-refractivity contribution in [1.82, 2.24) is 0 Å². The number of ether oxygens (including phenoxy) is 2. The predicted octanol–water partition coefficient (Wildman–Crippen LogP) is 6.76. The highest BCUT2D eigenvalue weighted by Gasteiger charge is 2.70. The van der Waals surface area contributed by atoms with Crippen LogP contribution in [-0.2, 0) is 19.1 Å². The largest absolute Gasteiger partial charge is 0.461 e. The molecule has 0 saturated heterocycles. The molecule has 0 aromatic heterocycles. The van der Waals surface area contributed by atoms with E-state index in [0.717, 1.165) is 30.4 Å². The quantitative estimate of drug-likeness (QED) is 0.410. The van der Waals surface area contributed by atoms with Crippen molar-refractivity contribution in [2.75, 3.05) is 0 Å². The van der Waals surface area contributed by atoms with Gasteiger partial charge in [0.05, 0.1) is 12.5 Å². The van der Waals surface area contributed by atoms with Crippen molar-refractivity contribution in [3.63, 3.8) is 0 Å². The highest BCUT2D eigenvalue weighted by molar-refractivity contribution is 5.94. The van der Waals surface area contributed by atoms with Crippen LogP contribution in [0.15, 0.2) is 11.1 Å². The molecular weight excluding hydrogens is 464 g/mol. The number of esters is 2. The molecular formula is C32H50O5. The van der Waals surface area contributed by atoms with Crippen LogP contribution in [0, 0.1) is 39.4 Å². The second-order valence-corrected chi connectivity index (χ2v) is 14.3. The number of cyclic esters (lactones) is 1. The first-order valence-corrected chi connectivity index (χ1v) is 15.2. The van der Waals surface area contributed by atoms with E-state index in [9.17, 15) is 14.7 Å². The first kappa shape index (κ1) is 27.2. The van der Waals surface area contributed by atoms with E-state index in [-0.39, 0.29) is 47.3 Å². The van der Waals surface area contributed by atoms with Gasteiger partial charge in [-0.1, -0.05) is 54.4 Å². The molecule has 0 aromatic carbocycles. The maximum Gasteiger partial charge on any atom is 0.335 e. The van der Waals surface area contributed by atoms with Gasteiger partial charge in [-0.2, -0.15) is 0 Å². The van der Waals surface area contributed by atoms with Gasteiger partial charge in [0.1, 0.15) is 12.2 Å². The first-order chi connectivity index (χ1) is 17.3. The van der Waals surface area contributed by atoms with Crippen molar-refractivity contribution in [2.45, 2.75) is 137 Å². The summed E-state index contributed by atoms with van der Waals surface area (Å²) in [6, 6.07) is 0. The van der Waals surface area contributed by atoms with Crippen LogP contribution in [0.1, 0.15) is 119 Å². The van der Waals surface area contributed by atoms with Gasteiger partial charge in [-0.15, -0.1) is 0 Å². The molecule has 3 fully saturated rings. The Bertz CT molecular complexity index is 986. The molecule has 1 aliphatic heterocycles. The van der Waals surface area contributed by atoms with E-state index in [0.29, 0.717) is 23.7 Å². The summed E-state index contributed by atoms with van der Waals surface area (Å²) in [5, 5.41) is 10.2. The predicted molar refractivity (Wildman–Crippen MR) is 143 cm³/mol. The smallest absolute Gasteiger partial charge is 0.335 e. The van der Waals surface area contributed by atoms with E-state index < -0.39 is 11.5 Å². The van der Waals surface area contributed by atoms with Crippen LogP contribution in [0.5, 0.6) is 0 Å². The van der Waals surface area contributed by atoms with E-state index in [1.165, 1.54) is 38.5 Å². The molecule has 5 rings (SSSR count). The minimum Gasteiger partial charge on any atom is -0.461 e. The third kappa shape index (κ3) is 3.79. The Morgan fingerprint density at radius 1 is 1.05 bits per heavy atom. The summed E-state index contributed by atoms with van der Waals surface area (Å²) in [6.45, 7) is 16.0. The third-order valence-corrected chi connectivity index (χ3v) is 12.8. The number of hydrogen-bond donors (Lipinski definition) is 1. The van der Waals surface area contributed by atoms with Crippen LogP contribution in [0.25, 0.3) is 0 Å². The summed E-state index contributed by atoms with van der Waals surface area (Å²) in [5.41, 5.74) is 2.01. The minimum atomic E-state index is -0.692. The molecule has 0 aromatic rings. The standard InChI is InChI=1S/C32H50O5/c1-8-20(33)17-26(34)37-25-18-24-30(5)15-10-14-29(4,9-2)22(30)13-16-31(24,6)23-12-11-21-19(3)36-28(35)27(21)32(23,25)7/h19-20,22-25,33H,8-18H2,1-7H3/t19-,20?,22?,23-,24?,25-,29-,30-,31-,32+/m0/s1.